The van der Waals surface area contributed by atoms with Crippen molar-refractivity contribution in [2.24, 2.45) is 11.5 Å². The summed E-state index contributed by atoms with van der Waals surface area (Å²) in [6, 6.07) is -0.469. The fourth-order valence-corrected chi connectivity index (χ4v) is 1.58. The molecule has 0 aliphatic carbocycles. The molecule has 0 spiro atoms. The summed E-state index contributed by atoms with van der Waals surface area (Å²) < 4.78 is 5.36. The SMILES string of the molecule is CC1COC(CO)CN1CC(N)C(N)=O. The molecule has 1 heterocycles. The van der Waals surface area contributed by atoms with Gasteiger partial charge in [-0.1, -0.05) is 0 Å². The Balaban J connectivity index is 2.47. The molecule has 1 amide bonds. The second-order valence-electron chi connectivity index (χ2n) is 3.95. The smallest absolute Gasteiger partial charge is 0.235 e. The van der Waals surface area contributed by atoms with E-state index < -0.39 is 11.9 Å². The van der Waals surface area contributed by atoms with Gasteiger partial charge in [-0.2, -0.15) is 0 Å². The van der Waals surface area contributed by atoms with Gasteiger partial charge in [-0.05, 0) is 6.92 Å². The topological polar surface area (TPSA) is 102 Å². The number of amides is 1. The molecule has 1 saturated heterocycles. The number of aliphatic hydroxyl groups excluding tert-OH is 1. The number of nitrogens with two attached hydrogens (primary N) is 2. The van der Waals surface area contributed by atoms with E-state index in [1.165, 1.54) is 0 Å². The maximum Gasteiger partial charge on any atom is 0.235 e. The summed E-state index contributed by atoms with van der Waals surface area (Å²) in [6.07, 6.45) is -0.193. The van der Waals surface area contributed by atoms with Crippen LogP contribution in [0.5, 0.6) is 0 Å². The van der Waals surface area contributed by atoms with Gasteiger partial charge < -0.3 is 21.3 Å². The Kier molecular flexibility index (Phi) is 4.46. The Bertz CT molecular complexity index is 225. The number of nitrogens with zero attached hydrogens (tertiary/aromatic N) is 1. The maximum absolute atomic E-state index is 10.8. The first-order valence-electron chi connectivity index (χ1n) is 5.06. The van der Waals surface area contributed by atoms with Crippen LogP contribution in [0.1, 0.15) is 6.92 Å². The minimum Gasteiger partial charge on any atom is -0.394 e. The first-order chi connectivity index (χ1) is 7.04. The van der Waals surface area contributed by atoms with Gasteiger partial charge in [0.15, 0.2) is 0 Å². The predicted octanol–water partition coefficient (Wildman–Crippen LogP) is -2.12. The minimum absolute atomic E-state index is 0.0188. The monoisotopic (exact) mass is 217 g/mol. The van der Waals surface area contributed by atoms with Crippen molar-refractivity contribution in [3.05, 3.63) is 0 Å². The zero-order valence-electron chi connectivity index (χ0n) is 8.93. The van der Waals surface area contributed by atoms with Gasteiger partial charge in [-0.3, -0.25) is 9.69 Å². The molecule has 88 valence electrons. The first kappa shape index (κ1) is 12.4. The van der Waals surface area contributed by atoms with Crippen LogP contribution in [0.3, 0.4) is 0 Å². The summed E-state index contributed by atoms with van der Waals surface area (Å²) in [5.41, 5.74) is 10.7. The standard InChI is InChI=1S/C9H19N3O3/c1-6-5-15-7(4-13)2-12(6)3-8(10)9(11)14/h6-8,13H,2-5,10H2,1H3,(H2,11,14). The second kappa shape index (κ2) is 5.41. The summed E-state index contributed by atoms with van der Waals surface area (Å²) in [4.78, 5) is 12.8. The van der Waals surface area contributed by atoms with Crippen LogP contribution in [-0.4, -0.2) is 60.4 Å². The van der Waals surface area contributed by atoms with Gasteiger partial charge in [0.1, 0.15) is 0 Å². The van der Waals surface area contributed by atoms with Gasteiger partial charge in [0.05, 0.1) is 25.4 Å². The lowest BCUT2D eigenvalue weighted by molar-refractivity contribution is -0.121. The van der Waals surface area contributed by atoms with Crippen molar-refractivity contribution in [2.45, 2.75) is 25.1 Å². The van der Waals surface area contributed by atoms with Crippen molar-refractivity contribution in [3.8, 4) is 0 Å². The number of rotatable bonds is 4. The highest BCUT2D eigenvalue weighted by atomic mass is 16.5. The molecule has 6 nitrogen and oxygen atoms in total. The van der Waals surface area contributed by atoms with Gasteiger partial charge in [0.2, 0.25) is 5.91 Å². The molecule has 1 aliphatic rings. The minimum atomic E-state index is -0.662. The number of carbonyl (C=O) groups is 1. The third kappa shape index (κ3) is 3.42. The van der Waals surface area contributed by atoms with Crippen LogP contribution in [-0.2, 0) is 9.53 Å². The molecule has 0 aromatic carbocycles. The summed E-state index contributed by atoms with van der Waals surface area (Å²) in [7, 11) is 0. The molecule has 1 aliphatic heterocycles. The van der Waals surface area contributed by atoms with Crippen molar-refractivity contribution >= 4 is 5.91 Å². The van der Waals surface area contributed by atoms with E-state index in [4.69, 9.17) is 21.3 Å². The highest BCUT2D eigenvalue weighted by Crippen LogP contribution is 2.11. The third-order valence-corrected chi connectivity index (χ3v) is 2.63. The number of ether oxygens (including phenoxy) is 1. The molecular formula is C9H19N3O3. The lowest BCUT2D eigenvalue weighted by atomic mass is 10.1. The van der Waals surface area contributed by atoms with Crippen molar-refractivity contribution in [3.63, 3.8) is 0 Å². The number of morpholine rings is 1. The second-order valence-corrected chi connectivity index (χ2v) is 3.95. The Morgan fingerprint density at radius 2 is 2.40 bits per heavy atom. The summed E-state index contributed by atoms with van der Waals surface area (Å²) in [5.74, 6) is -0.505. The Morgan fingerprint density at radius 3 is 2.93 bits per heavy atom. The Hall–Kier alpha value is -0.690. The molecule has 3 atom stereocenters. The quantitative estimate of drug-likeness (QED) is 0.500. The average Bonchev–Trinajstić information content (AvgIpc) is 2.21. The molecule has 0 aromatic heterocycles. The normalized spacial score (nSPS) is 30.1. The van der Waals surface area contributed by atoms with Crippen molar-refractivity contribution < 1.29 is 14.6 Å². The van der Waals surface area contributed by atoms with Crippen molar-refractivity contribution in [1.82, 2.24) is 4.90 Å². The van der Waals surface area contributed by atoms with Crippen LogP contribution in [0, 0.1) is 0 Å². The van der Waals surface area contributed by atoms with E-state index in [0.29, 0.717) is 19.7 Å². The molecule has 1 fully saturated rings. The summed E-state index contributed by atoms with van der Waals surface area (Å²) in [6.45, 7) is 3.50. The zero-order valence-corrected chi connectivity index (χ0v) is 8.93. The largest absolute Gasteiger partial charge is 0.394 e. The molecule has 6 heteroatoms. The van der Waals surface area contributed by atoms with E-state index >= 15 is 0 Å². The van der Waals surface area contributed by atoms with Gasteiger partial charge in [-0.15, -0.1) is 0 Å². The van der Waals surface area contributed by atoms with Crippen LogP contribution in [0.15, 0.2) is 0 Å². The molecule has 0 aromatic rings. The number of hydrogen-bond donors (Lipinski definition) is 3. The molecule has 0 bridgehead atoms. The Labute approximate surface area is 89.2 Å². The van der Waals surface area contributed by atoms with E-state index in [1.54, 1.807) is 0 Å². The first-order valence-corrected chi connectivity index (χ1v) is 5.06. The van der Waals surface area contributed by atoms with E-state index in [2.05, 4.69) is 0 Å². The molecule has 3 unspecified atom stereocenters. The molecule has 15 heavy (non-hydrogen) atoms. The van der Waals surface area contributed by atoms with E-state index in [0.717, 1.165) is 0 Å². The number of primary amides is 1. The van der Waals surface area contributed by atoms with Crippen LogP contribution in [0.2, 0.25) is 0 Å². The van der Waals surface area contributed by atoms with Crippen LogP contribution in [0.4, 0.5) is 0 Å². The lowest BCUT2D eigenvalue weighted by Crippen LogP contribution is -2.55. The van der Waals surface area contributed by atoms with Crippen LogP contribution >= 0.6 is 0 Å². The number of hydrogen-bond acceptors (Lipinski definition) is 5. The zero-order chi connectivity index (χ0) is 11.4. The van der Waals surface area contributed by atoms with Crippen LogP contribution < -0.4 is 11.5 Å². The lowest BCUT2D eigenvalue weighted by Gasteiger charge is -2.38. The molecule has 1 rings (SSSR count). The van der Waals surface area contributed by atoms with Gasteiger partial charge in [0.25, 0.3) is 0 Å². The highest BCUT2D eigenvalue weighted by Gasteiger charge is 2.27. The molecule has 0 saturated carbocycles. The van der Waals surface area contributed by atoms with E-state index in [1.807, 2.05) is 11.8 Å². The molecule has 0 radical (unpaired) electrons. The fourth-order valence-electron chi connectivity index (χ4n) is 1.58. The van der Waals surface area contributed by atoms with E-state index in [-0.39, 0.29) is 18.8 Å². The average molecular weight is 217 g/mol. The maximum atomic E-state index is 10.8. The molecule has 5 N–H and O–H groups in total. The summed E-state index contributed by atoms with van der Waals surface area (Å²) >= 11 is 0. The number of carbonyl (C=O) groups excluding carboxylic acids is 1. The fraction of sp³-hybridized carbons (Fsp3) is 0.889. The predicted molar refractivity (Wildman–Crippen MR) is 55.0 cm³/mol. The van der Waals surface area contributed by atoms with Gasteiger partial charge in [-0.25, -0.2) is 0 Å². The van der Waals surface area contributed by atoms with Crippen LogP contribution in [0.25, 0.3) is 0 Å². The van der Waals surface area contributed by atoms with Gasteiger partial charge >= 0.3 is 0 Å². The number of aliphatic hydroxyl groups is 1. The van der Waals surface area contributed by atoms with Crippen molar-refractivity contribution in [1.29, 1.82) is 0 Å². The van der Waals surface area contributed by atoms with Gasteiger partial charge in [0, 0.05) is 19.1 Å². The Morgan fingerprint density at radius 1 is 1.73 bits per heavy atom. The molecular weight excluding hydrogens is 198 g/mol. The highest BCUT2D eigenvalue weighted by molar-refractivity contribution is 5.79. The van der Waals surface area contributed by atoms with E-state index in [9.17, 15) is 4.79 Å². The summed E-state index contributed by atoms with van der Waals surface area (Å²) in [5, 5.41) is 8.96. The third-order valence-electron chi connectivity index (χ3n) is 2.63. The van der Waals surface area contributed by atoms with Crippen molar-refractivity contribution in [2.75, 3.05) is 26.3 Å².